The number of thiazole rings is 1. The Morgan fingerprint density at radius 3 is 2.27 bits per heavy atom. The summed E-state index contributed by atoms with van der Waals surface area (Å²) in [5.74, 6) is 0.0817. The summed E-state index contributed by atoms with van der Waals surface area (Å²) in [6.45, 7) is 1.04. The van der Waals surface area contributed by atoms with E-state index in [0.717, 1.165) is 40.8 Å². The summed E-state index contributed by atoms with van der Waals surface area (Å²) in [6.07, 6.45) is 3.04. The van der Waals surface area contributed by atoms with Crippen LogP contribution in [0.15, 0.2) is 53.3 Å². The Labute approximate surface area is 178 Å². The van der Waals surface area contributed by atoms with E-state index in [9.17, 15) is 14.4 Å². The largest absolute Gasteiger partial charge is 0.308 e. The second-order valence-electron chi connectivity index (χ2n) is 8.06. The lowest BCUT2D eigenvalue weighted by atomic mass is 10.0. The first-order chi connectivity index (χ1) is 14.6. The molecule has 2 heterocycles. The third kappa shape index (κ3) is 3.43. The van der Waals surface area contributed by atoms with Gasteiger partial charge in [-0.3, -0.25) is 24.0 Å². The van der Waals surface area contributed by atoms with Gasteiger partial charge < -0.3 is 0 Å². The molecule has 0 radical (unpaired) electrons. The minimum Gasteiger partial charge on any atom is -0.289 e. The van der Waals surface area contributed by atoms with E-state index in [2.05, 4.69) is 12.1 Å². The molecule has 3 aromatic rings. The molecule has 1 fully saturated rings. The molecule has 1 aromatic heterocycles. The molecule has 2 aromatic carbocycles. The smallest absolute Gasteiger partial charge is 0.289 e. The maximum atomic E-state index is 13.0. The molecular formula is C23H23N3O3S. The molecule has 0 bridgehead atoms. The highest BCUT2D eigenvalue weighted by Gasteiger charge is 2.33. The molecule has 0 atom stereocenters. The van der Waals surface area contributed by atoms with Gasteiger partial charge in [-0.2, -0.15) is 0 Å². The van der Waals surface area contributed by atoms with Crippen LogP contribution in [0.2, 0.25) is 0 Å². The fourth-order valence-corrected chi connectivity index (χ4v) is 5.55. The van der Waals surface area contributed by atoms with Crippen molar-refractivity contribution in [2.45, 2.75) is 32.2 Å². The summed E-state index contributed by atoms with van der Waals surface area (Å²) < 4.78 is 2.38. The average Bonchev–Trinajstić information content (AvgIpc) is 3.45. The van der Waals surface area contributed by atoms with Crippen LogP contribution in [0.3, 0.4) is 0 Å². The van der Waals surface area contributed by atoms with Crippen LogP contribution in [0.4, 0.5) is 0 Å². The molecule has 30 heavy (non-hydrogen) atoms. The Hall–Kier alpha value is -2.93. The van der Waals surface area contributed by atoms with Crippen LogP contribution >= 0.6 is 11.3 Å². The van der Waals surface area contributed by atoms with Crippen LogP contribution < -0.4 is 4.87 Å². The summed E-state index contributed by atoms with van der Waals surface area (Å²) in [6, 6.07) is 15.8. The number of carbonyl (C=O) groups excluding carboxylic acids is 2. The van der Waals surface area contributed by atoms with Crippen LogP contribution in [0.1, 0.15) is 24.0 Å². The molecule has 0 unspecified atom stereocenters. The van der Waals surface area contributed by atoms with Crippen molar-refractivity contribution in [3.8, 4) is 0 Å². The zero-order valence-corrected chi connectivity index (χ0v) is 17.4. The SMILES string of the molecule is O=C(CC1Cc2ccccc2C1)N1CCCN1C(=O)Cn1c(=O)sc2ccccc21. The number of rotatable bonds is 4. The van der Waals surface area contributed by atoms with Gasteiger partial charge in [-0.1, -0.05) is 47.7 Å². The highest BCUT2D eigenvalue weighted by atomic mass is 32.1. The summed E-state index contributed by atoms with van der Waals surface area (Å²) >= 11 is 1.14. The molecule has 7 heteroatoms. The van der Waals surface area contributed by atoms with E-state index in [0.29, 0.717) is 19.5 Å². The lowest BCUT2D eigenvalue weighted by molar-refractivity contribution is -0.158. The van der Waals surface area contributed by atoms with Crippen molar-refractivity contribution in [3.63, 3.8) is 0 Å². The average molecular weight is 422 g/mol. The van der Waals surface area contributed by atoms with Crippen LogP contribution in [-0.2, 0) is 29.0 Å². The second kappa shape index (κ2) is 7.72. The van der Waals surface area contributed by atoms with E-state index in [1.165, 1.54) is 15.7 Å². The van der Waals surface area contributed by atoms with Gasteiger partial charge in [0, 0.05) is 19.5 Å². The van der Waals surface area contributed by atoms with E-state index in [-0.39, 0.29) is 29.1 Å². The minimum absolute atomic E-state index is 0.00109. The summed E-state index contributed by atoms with van der Waals surface area (Å²) in [4.78, 5) is 38.3. The number of carbonyl (C=O) groups is 2. The van der Waals surface area contributed by atoms with E-state index >= 15 is 0 Å². The van der Waals surface area contributed by atoms with Gasteiger partial charge in [-0.05, 0) is 48.4 Å². The Bertz CT molecular complexity index is 1160. The number of hydrogen-bond donors (Lipinski definition) is 0. The fraction of sp³-hybridized carbons (Fsp3) is 0.348. The molecular weight excluding hydrogens is 398 g/mol. The van der Waals surface area contributed by atoms with Crippen molar-refractivity contribution in [2.75, 3.05) is 13.1 Å². The normalized spacial score (nSPS) is 16.4. The third-order valence-electron chi connectivity index (χ3n) is 6.07. The van der Waals surface area contributed by atoms with Gasteiger partial charge in [0.15, 0.2) is 0 Å². The molecule has 1 aliphatic heterocycles. The van der Waals surface area contributed by atoms with Crippen molar-refractivity contribution in [1.29, 1.82) is 0 Å². The Kier molecular flexibility index (Phi) is 4.90. The molecule has 154 valence electrons. The summed E-state index contributed by atoms with van der Waals surface area (Å²) in [5.41, 5.74) is 3.42. The Morgan fingerprint density at radius 2 is 1.53 bits per heavy atom. The van der Waals surface area contributed by atoms with Gasteiger partial charge in [-0.15, -0.1) is 0 Å². The summed E-state index contributed by atoms with van der Waals surface area (Å²) in [7, 11) is 0. The van der Waals surface area contributed by atoms with Gasteiger partial charge >= 0.3 is 4.87 Å². The van der Waals surface area contributed by atoms with Gasteiger partial charge in [-0.25, -0.2) is 5.01 Å². The molecule has 0 saturated carbocycles. The number of hydrogen-bond acceptors (Lipinski definition) is 4. The number of para-hydroxylation sites is 1. The highest BCUT2D eigenvalue weighted by Crippen LogP contribution is 2.29. The zero-order valence-electron chi connectivity index (χ0n) is 16.6. The number of fused-ring (bicyclic) bond motifs is 2. The third-order valence-corrected chi connectivity index (χ3v) is 7.03. The van der Waals surface area contributed by atoms with E-state index in [1.807, 2.05) is 36.4 Å². The predicted octanol–water partition coefficient (Wildman–Crippen LogP) is 2.84. The van der Waals surface area contributed by atoms with Gasteiger partial charge in [0.05, 0.1) is 10.2 Å². The van der Waals surface area contributed by atoms with Crippen molar-refractivity contribution in [1.82, 2.24) is 14.6 Å². The van der Waals surface area contributed by atoms with Crippen LogP contribution in [0.25, 0.3) is 10.2 Å². The number of aromatic nitrogens is 1. The number of benzene rings is 2. The van der Waals surface area contributed by atoms with Gasteiger partial charge in [0.2, 0.25) is 5.91 Å². The number of nitrogens with zero attached hydrogens (tertiary/aromatic N) is 3. The molecule has 1 aliphatic carbocycles. The first kappa shape index (κ1) is 19.1. The number of amides is 2. The van der Waals surface area contributed by atoms with Crippen molar-refractivity contribution >= 4 is 33.4 Å². The topological polar surface area (TPSA) is 62.6 Å². The number of hydrazine groups is 1. The van der Waals surface area contributed by atoms with Gasteiger partial charge in [0.1, 0.15) is 6.54 Å². The van der Waals surface area contributed by atoms with E-state index < -0.39 is 0 Å². The minimum atomic E-state index is -0.207. The monoisotopic (exact) mass is 421 g/mol. The maximum Gasteiger partial charge on any atom is 0.308 e. The predicted molar refractivity (Wildman–Crippen MR) is 116 cm³/mol. The van der Waals surface area contributed by atoms with E-state index in [4.69, 9.17) is 0 Å². The maximum absolute atomic E-state index is 13.0. The van der Waals surface area contributed by atoms with Crippen LogP contribution in [-0.4, -0.2) is 39.5 Å². The molecule has 6 nitrogen and oxygen atoms in total. The molecule has 2 aliphatic rings. The molecule has 2 amide bonds. The Balaban J connectivity index is 1.28. The standard InChI is InChI=1S/C23H23N3O3S/c27-21(14-16-12-17-6-1-2-7-18(17)13-16)25-10-5-11-26(25)22(28)15-24-19-8-3-4-9-20(19)30-23(24)29/h1-4,6-9,16H,5,10-15H2. The van der Waals surface area contributed by atoms with Crippen LogP contribution in [0, 0.1) is 5.92 Å². The second-order valence-corrected chi connectivity index (χ2v) is 9.05. The van der Waals surface area contributed by atoms with Crippen molar-refractivity contribution < 1.29 is 9.59 Å². The van der Waals surface area contributed by atoms with E-state index in [1.54, 1.807) is 10.0 Å². The lowest BCUT2D eigenvalue weighted by Crippen LogP contribution is -2.47. The Morgan fingerprint density at radius 1 is 0.900 bits per heavy atom. The molecule has 1 saturated heterocycles. The molecule has 0 spiro atoms. The van der Waals surface area contributed by atoms with Crippen molar-refractivity contribution in [2.24, 2.45) is 5.92 Å². The molecule has 5 rings (SSSR count). The quantitative estimate of drug-likeness (QED) is 0.651. The highest BCUT2D eigenvalue weighted by molar-refractivity contribution is 7.16. The fourth-order valence-electron chi connectivity index (χ4n) is 4.66. The van der Waals surface area contributed by atoms with Crippen molar-refractivity contribution in [3.05, 3.63) is 69.3 Å². The first-order valence-electron chi connectivity index (χ1n) is 10.4. The van der Waals surface area contributed by atoms with Crippen LogP contribution in [0.5, 0.6) is 0 Å². The summed E-state index contributed by atoms with van der Waals surface area (Å²) in [5, 5.41) is 3.15. The lowest BCUT2D eigenvalue weighted by Gasteiger charge is -2.29. The van der Waals surface area contributed by atoms with Gasteiger partial charge in [0.25, 0.3) is 5.91 Å². The zero-order chi connectivity index (χ0) is 20.7. The molecule has 0 N–H and O–H groups in total. The first-order valence-corrected chi connectivity index (χ1v) is 11.2.